The molecule has 1 aromatic rings. The molecular weight excluding hydrogens is 270 g/mol. The third-order valence-corrected chi connectivity index (χ3v) is 3.53. The van der Waals surface area contributed by atoms with Gasteiger partial charge in [-0.1, -0.05) is 13.8 Å². The fourth-order valence-corrected chi connectivity index (χ4v) is 3.00. The Morgan fingerprint density at radius 1 is 1.31 bits per heavy atom. The first-order valence-electron chi connectivity index (χ1n) is 5.39. The summed E-state index contributed by atoms with van der Waals surface area (Å²) in [6.45, 7) is 6.56. The molecule has 0 aromatic heterocycles. The minimum Gasteiger partial charge on any atom is -0.454 e. The van der Waals surface area contributed by atoms with Gasteiger partial charge in [-0.05, 0) is 46.0 Å². The van der Waals surface area contributed by atoms with Gasteiger partial charge in [0.1, 0.15) is 0 Å². The number of fused-ring (bicyclic) bond motifs is 1. The minimum atomic E-state index is -0.0109. The number of halogens is 1. The highest BCUT2D eigenvalue weighted by atomic mass is 79.9. The van der Waals surface area contributed by atoms with Crippen LogP contribution in [0.1, 0.15) is 43.9 Å². The molecule has 1 atom stereocenters. The van der Waals surface area contributed by atoms with Crippen LogP contribution in [0.5, 0.6) is 11.5 Å². The van der Waals surface area contributed by atoms with Crippen LogP contribution in [-0.4, -0.2) is 6.79 Å². The van der Waals surface area contributed by atoms with Crippen LogP contribution in [0.4, 0.5) is 0 Å². The van der Waals surface area contributed by atoms with E-state index >= 15 is 0 Å². The quantitative estimate of drug-likeness (QED) is 0.907. The highest BCUT2D eigenvalue weighted by Gasteiger charge is 2.25. The highest BCUT2D eigenvalue weighted by Crippen LogP contribution is 2.46. The molecule has 0 aliphatic carbocycles. The zero-order chi connectivity index (χ0) is 11.9. The molecule has 1 aliphatic rings. The highest BCUT2D eigenvalue weighted by molar-refractivity contribution is 9.10. The van der Waals surface area contributed by atoms with Crippen molar-refractivity contribution in [3.63, 3.8) is 0 Å². The van der Waals surface area contributed by atoms with E-state index in [1.807, 2.05) is 13.0 Å². The van der Waals surface area contributed by atoms with Crippen LogP contribution in [0.3, 0.4) is 0 Å². The summed E-state index contributed by atoms with van der Waals surface area (Å²) in [7, 11) is 0. The van der Waals surface area contributed by atoms with Gasteiger partial charge in [0, 0.05) is 6.04 Å². The molecule has 3 nitrogen and oxygen atoms in total. The van der Waals surface area contributed by atoms with Gasteiger partial charge < -0.3 is 15.2 Å². The van der Waals surface area contributed by atoms with Crippen LogP contribution in [0.2, 0.25) is 0 Å². The number of hydrogen-bond donors (Lipinski definition) is 1. The largest absolute Gasteiger partial charge is 0.454 e. The molecule has 0 fully saturated rings. The Kier molecular flexibility index (Phi) is 3.13. The van der Waals surface area contributed by atoms with Crippen LogP contribution in [0.15, 0.2) is 10.5 Å². The van der Waals surface area contributed by atoms with Gasteiger partial charge in [0.2, 0.25) is 6.79 Å². The fourth-order valence-electron chi connectivity index (χ4n) is 2.00. The number of benzene rings is 1. The van der Waals surface area contributed by atoms with Gasteiger partial charge in [-0.15, -0.1) is 0 Å². The van der Waals surface area contributed by atoms with E-state index in [1.54, 1.807) is 0 Å². The molecule has 2 rings (SSSR count). The zero-order valence-corrected chi connectivity index (χ0v) is 11.3. The second kappa shape index (κ2) is 4.26. The van der Waals surface area contributed by atoms with E-state index < -0.39 is 0 Å². The van der Waals surface area contributed by atoms with Crippen molar-refractivity contribution in [3.05, 3.63) is 21.7 Å². The van der Waals surface area contributed by atoms with Gasteiger partial charge in [0.05, 0.1) is 4.47 Å². The lowest BCUT2D eigenvalue weighted by Crippen LogP contribution is -2.10. The van der Waals surface area contributed by atoms with Crippen LogP contribution < -0.4 is 15.2 Å². The van der Waals surface area contributed by atoms with Crippen molar-refractivity contribution in [2.75, 3.05) is 6.79 Å². The van der Waals surface area contributed by atoms with Crippen molar-refractivity contribution in [1.29, 1.82) is 0 Å². The number of rotatable bonds is 2. The van der Waals surface area contributed by atoms with Gasteiger partial charge in [0.25, 0.3) is 0 Å². The summed E-state index contributed by atoms with van der Waals surface area (Å²) in [6.07, 6.45) is 0. The van der Waals surface area contributed by atoms with Gasteiger partial charge in [0.15, 0.2) is 11.5 Å². The van der Waals surface area contributed by atoms with Crippen LogP contribution >= 0.6 is 15.9 Å². The lowest BCUT2D eigenvalue weighted by atomic mass is 9.93. The number of ether oxygens (including phenoxy) is 2. The van der Waals surface area contributed by atoms with Crippen molar-refractivity contribution in [1.82, 2.24) is 0 Å². The smallest absolute Gasteiger partial charge is 0.231 e. The minimum absolute atomic E-state index is 0.0109. The van der Waals surface area contributed by atoms with Gasteiger partial charge in [-0.3, -0.25) is 0 Å². The predicted octanol–water partition coefficient (Wildman–Crippen LogP) is 3.32. The van der Waals surface area contributed by atoms with E-state index in [2.05, 4.69) is 29.8 Å². The Hall–Kier alpha value is -0.740. The second-order valence-corrected chi connectivity index (χ2v) is 5.16. The predicted molar refractivity (Wildman–Crippen MR) is 67.0 cm³/mol. The Bertz CT molecular complexity index is 416. The summed E-state index contributed by atoms with van der Waals surface area (Å²) in [5.41, 5.74) is 8.32. The van der Waals surface area contributed by atoms with Crippen LogP contribution in [0.25, 0.3) is 0 Å². The molecule has 1 aromatic carbocycles. The second-order valence-electron chi connectivity index (χ2n) is 4.37. The third-order valence-electron chi connectivity index (χ3n) is 2.74. The first kappa shape index (κ1) is 11.7. The standard InChI is InChI=1S/C12H16BrNO2/c1-6(2)10-8(7(3)14)4-9-12(11(10)13)16-5-15-9/h4,6-7H,5,14H2,1-3H3. The summed E-state index contributed by atoms with van der Waals surface area (Å²) in [6, 6.07) is 1.98. The maximum atomic E-state index is 6.00. The first-order valence-corrected chi connectivity index (χ1v) is 6.19. The molecule has 0 bridgehead atoms. The Morgan fingerprint density at radius 2 is 2.00 bits per heavy atom. The Balaban J connectivity index is 2.65. The zero-order valence-electron chi connectivity index (χ0n) is 9.71. The first-order chi connectivity index (χ1) is 7.52. The Morgan fingerprint density at radius 3 is 2.56 bits per heavy atom. The summed E-state index contributed by atoms with van der Waals surface area (Å²) in [5.74, 6) is 1.97. The summed E-state index contributed by atoms with van der Waals surface area (Å²) in [5, 5.41) is 0. The van der Waals surface area contributed by atoms with Gasteiger partial charge >= 0.3 is 0 Å². The average molecular weight is 286 g/mol. The number of hydrogen-bond acceptors (Lipinski definition) is 3. The topological polar surface area (TPSA) is 44.5 Å². The van der Waals surface area contributed by atoms with Crippen molar-refractivity contribution < 1.29 is 9.47 Å². The van der Waals surface area contributed by atoms with E-state index in [9.17, 15) is 0 Å². The molecule has 0 saturated heterocycles. The molecule has 16 heavy (non-hydrogen) atoms. The summed E-state index contributed by atoms with van der Waals surface area (Å²) >= 11 is 3.59. The fraction of sp³-hybridized carbons (Fsp3) is 0.500. The van der Waals surface area contributed by atoms with E-state index in [0.29, 0.717) is 5.92 Å². The van der Waals surface area contributed by atoms with E-state index in [-0.39, 0.29) is 12.8 Å². The molecule has 0 saturated carbocycles. The SMILES string of the molecule is CC(C)c1c(C(C)N)cc2c(c1Br)OCO2. The van der Waals surface area contributed by atoms with E-state index in [4.69, 9.17) is 15.2 Å². The normalized spacial score (nSPS) is 15.6. The molecule has 88 valence electrons. The monoisotopic (exact) mass is 285 g/mol. The molecule has 0 amide bonds. The van der Waals surface area contributed by atoms with E-state index in [1.165, 1.54) is 5.56 Å². The average Bonchev–Trinajstić information content (AvgIpc) is 2.64. The molecule has 0 spiro atoms. The lowest BCUT2D eigenvalue weighted by molar-refractivity contribution is 0.173. The molecule has 1 unspecified atom stereocenters. The molecular formula is C12H16BrNO2. The van der Waals surface area contributed by atoms with E-state index in [0.717, 1.165) is 21.5 Å². The van der Waals surface area contributed by atoms with Crippen molar-refractivity contribution >= 4 is 15.9 Å². The molecule has 1 heterocycles. The van der Waals surface area contributed by atoms with Crippen LogP contribution in [0, 0.1) is 0 Å². The summed E-state index contributed by atoms with van der Waals surface area (Å²) < 4.78 is 11.8. The van der Waals surface area contributed by atoms with Crippen molar-refractivity contribution in [2.45, 2.75) is 32.7 Å². The molecule has 4 heteroatoms. The summed E-state index contributed by atoms with van der Waals surface area (Å²) in [4.78, 5) is 0. The van der Waals surface area contributed by atoms with Gasteiger partial charge in [-0.2, -0.15) is 0 Å². The number of nitrogens with two attached hydrogens (primary N) is 1. The molecule has 2 N–H and O–H groups in total. The van der Waals surface area contributed by atoms with Crippen molar-refractivity contribution in [3.8, 4) is 11.5 Å². The Labute approximate surface area is 104 Å². The van der Waals surface area contributed by atoms with Gasteiger partial charge in [-0.25, -0.2) is 0 Å². The lowest BCUT2D eigenvalue weighted by Gasteiger charge is -2.19. The van der Waals surface area contributed by atoms with Crippen LogP contribution in [-0.2, 0) is 0 Å². The van der Waals surface area contributed by atoms with Crippen molar-refractivity contribution in [2.24, 2.45) is 5.73 Å². The molecule has 0 radical (unpaired) electrons. The maximum Gasteiger partial charge on any atom is 0.231 e. The maximum absolute atomic E-state index is 6.00. The third kappa shape index (κ3) is 1.80. The molecule has 1 aliphatic heterocycles.